The van der Waals surface area contributed by atoms with Crippen molar-refractivity contribution in [2.45, 2.75) is 32.4 Å². The Hall–Kier alpha value is -1.32. The summed E-state index contributed by atoms with van der Waals surface area (Å²) in [4.78, 5) is 24.6. The van der Waals surface area contributed by atoms with E-state index in [1.54, 1.807) is 17.9 Å². The molecule has 0 aromatic heterocycles. The minimum atomic E-state index is -0.424. The molecule has 78 valence electrons. The van der Waals surface area contributed by atoms with Crippen molar-refractivity contribution in [1.82, 2.24) is 10.2 Å². The highest BCUT2D eigenvalue weighted by Gasteiger charge is 2.28. The first-order chi connectivity index (χ1) is 6.56. The number of carbonyl (C=O) groups is 2. The van der Waals surface area contributed by atoms with Crippen LogP contribution in [0.3, 0.4) is 0 Å². The van der Waals surface area contributed by atoms with Gasteiger partial charge in [-0.1, -0.05) is 6.08 Å². The molecule has 1 aliphatic heterocycles. The van der Waals surface area contributed by atoms with Crippen molar-refractivity contribution in [2.75, 3.05) is 6.54 Å². The third-order valence-corrected chi connectivity index (χ3v) is 2.44. The number of carbonyl (C=O) groups excluding carboxylic acids is 2. The minimum Gasteiger partial charge on any atom is -0.345 e. The summed E-state index contributed by atoms with van der Waals surface area (Å²) in [7, 11) is 0. The Labute approximate surface area is 84.0 Å². The van der Waals surface area contributed by atoms with Crippen molar-refractivity contribution in [2.24, 2.45) is 0 Å². The highest BCUT2D eigenvalue weighted by atomic mass is 16.2. The van der Waals surface area contributed by atoms with E-state index in [9.17, 15) is 9.59 Å². The van der Waals surface area contributed by atoms with Gasteiger partial charge in [-0.2, -0.15) is 0 Å². The van der Waals surface area contributed by atoms with Crippen LogP contribution in [0.5, 0.6) is 0 Å². The third-order valence-electron chi connectivity index (χ3n) is 2.44. The zero-order valence-corrected chi connectivity index (χ0v) is 8.62. The minimum absolute atomic E-state index is 0.0161. The van der Waals surface area contributed by atoms with Crippen molar-refractivity contribution in [3.63, 3.8) is 0 Å². The summed E-state index contributed by atoms with van der Waals surface area (Å²) >= 11 is 0. The van der Waals surface area contributed by atoms with E-state index in [4.69, 9.17) is 0 Å². The largest absolute Gasteiger partial charge is 0.345 e. The Bertz CT molecular complexity index is 263. The molecule has 14 heavy (non-hydrogen) atoms. The number of hydrogen-bond donors (Lipinski definition) is 1. The molecule has 2 amide bonds. The summed E-state index contributed by atoms with van der Waals surface area (Å²) in [5.74, 6) is -0.104. The fourth-order valence-electron chi connectivity index (χ4n) is 1.49. The molecule has 0 aliphatic carbocycles. The van der Waals surface area contributed by atoms with Gasteiger partial charge in [0, 0.05) is 19.0 Å². The Morgan fingerprint density at radius 2 is 2.29 bits per heavy atom. The van der Waals surface area contributed by atoms with Gasteiger partial charge in [0.2, 0.25) is 11.8 Å². The molecule has 1 rings (SSSR count). The van der Waals surface area contributed by atoms with Gasteiger partial charge in [0.15, 0.2) is 0 Å². The summed E-state index contributed by atoms with van der Waals surface area (Å²) in [5, 5.41) is 2.64. The second kappa shape index (κ2) is 4.26. The second-order valence-corrected chi connectivity index (χ2v) is 3.55. The van der Waals surface area contributed by atoms with E-state index in [0.717, 1.165) is 0 Å². The first-order valence-corrected chi connectivity index (χ1v) is 4.78. The number of nitrogens with one attached hydrogen (secondary N) is 1. The monoisotopic (exact) mass is 196 g/mol. The van der Waals surface area contributed by atoms with Crippen molar-refractivity contribution < 1.29 is 9.59 Å². The zero-order valence-electron chi connectivity index (χ0n) is 8.62. The van der Waals surface area contributed by atoms with Crippen LogP contribution in [0, 0.1) is 0 Å². The summed E-state index contributed by atoms with van der Waals surface area (Å²) in [5.41, 5.74) is 0. The maximum Gasteiger partial charge on any atom is 0.245 e. The Balaban J connectivity index is 2.79. The van der Waals surface area contributed by atoms with E-state index in [1.807, 2.05) is 6.92 Å². The lowest BCUT2D eigenvalue weighted by Crippen LogP contribution is -2.45. The number of amides is 2. The van der Waals surface area contributed by atoms with Crippen LogP contribution in [0.15, 0.2) is 12.7 Å². The van der Waals surface area contributed by atoms with E-state index < -0.39 is 6.04 Å². The van der Waals surface area contributed by atoms with E-state index in [-0.39, 0.29) is 17.9 Å². The Kier molecular flexibility index (Phi) is 3.28. The molecule has 1 saturated heterocycles. The van der Waals surface area contributed by atoms with Gasteiger partial charge in [-0.15, -0.1) is 6.58 Å². The van der Waals surface area contributed by atoms with Crippen LogP contribution in [0.25, 0.3) is 0 Å². The summed E-state index contributed by atoms with van der Waals surface area (Å²) in [6, 6.07) is -0.440. The van der Waals surface area contributed by atoms with Crippen molar-refractivity contribution in [3.05, 3.63) is 12.7 Å². The average Bonchev–Trinajstić information content (AvgIpc) is 2.27. The first kappa shape index (κ1) is 10.8. The molecule has 0 spiro atoms. The van der Waals surface area contributed by atoms with E-state index in [1.165, 1.54) is 0 Å². The van der Waals surface area contributed by atoms with Gasteiger partial charge in [0.1, 0.15) is 6.04 Å². The van der Waals surface area contributed by atoms with Gasteiger partial charge in [-0.05, 0) is 13.8 Å². The van der Waals surface area contributed by atoms with E-state index in [2.05, 4.69) is 11.9 Å². The highest BCUT2D eigenvalue weighted by molar-refractivity contribution is 5.89. The molecule has 1 N–H and O–H groups in total. The standard InChI is InChI=1S/C10H16N2O2/c1-4-7(2)12-6-5-9(13)11-8(3)10(12)14/h4,7-8H,1,5-6H2,2-3H3,(H,11,13). The molecule has 4 nitrogen and oxygen atoms in total. The van der Waals surface area contributed by atoms with Crippen molar-refractivity contribution in [1.29, 1.82) is 0 Å². The molecule has 0 bridgehead atoms. The Morgan fingerprint density at radius 1 is 1.64 bits per heavy atom. The van der Waals surface area contributed by atoms with Crippen LogP contribution in [0.2, 0.25) is 0 Å². The highest BCUT2D eigenvalue weighted by Crippen LogP contribution is 2.08. The molecule has 1 heterocycles. The van der Waals surface area contributed by atoms with Gasteiger partial charge in [0.25, 0.3) is 0 Å². The molecular formula is C10H16N2O2. The topological polar surface area (TPSA) is 49.4 Å². The van der Waals surface area contributed by atoms with Gasteiger partial charge in [-0.3, -0.25) is 9.59 Å². The van der Waals surface area contributed by atoms with E-state index >= 15 is 0 Å². The zero-order chi connectivity index (χ0) is 10.7. The van der Waals surface area contributed by atoms with Crippen molar-refractivity contribution in [3.8, 4) is 0 Å². The fraction of sp³-hybridized carbons (Fsp3) is 0.600. The summed E-state index contributed by atoms with van der Waals surface area (Å²) < 4.78 is 0. The lowest BCUT2D eigenvalue weighted by Gasteiger charge is -2.26. The lowest BCUT2D eigenvalue weighted by molar-refractivity contribution is -0.134. The maximum atomic E-state index is 11.8. The average molecular weight is 196 g/mol. The SMILES string of the molecule is C=CC(C)N1CCC(=O)NC(C)C1=O. The first-order valence-electron chi connectivity index (χ1n) is 4.78. The normalized spacial score (nSPS) is 25.3. The second-order valence-electron chi connectivity index (χ2n) is 3.55. The van der Waals surface area contributed by atoms with Crippen molar-refractivity contribution >= 4 is 11.8 Å². The molecule has 1 fully saturated rings. The van der Waals surface area contributed by atoms with Crippen LogP contribution in [0.4, 0.5) is 0 Å². The fourth-order valence-corrected chi connectivity index (χ4v) is 1.49. The molecule has 2 unspecified atom stereocenters. The van der Waals surface area contributed by atoms with Crippen LogP contribution >= 0.6 is 0 Å². The molecule has 4 heteroatoms. The summed E-state index contributed by atoms with van der Waals surface area (Å²) in [6.07, 6.45) is 2.08. The molecule has 0 saturated carbocycles. The van der Waals surface area contributed by atoms with E-state index in [0.29, 0.717) is 13.0 Å². The van der Waals surface area contributed by atoms with Gasteiger partial charge >= 0.3 is 0 Å². The van der Waals surface area contributed by atoms with Crippen LogP contribution in [-0.2, 0) is 9.59 Å². The van der Waals surface area contributed by atoms with Crippen LogP contribution in [-0.4, -0.2) is 35.3 Å². The molecule has 2 atom stereocenters. The number of nitrogens with zero attached hydrogens (tertiary/aromatic N) is 1. The number of rotatable bonds is 2. The predicted molar refractivity (Wildman–Crippen MR) is 53.6 cm³/mol. The predicted octanol–water partition coefficient (Wildman–Crippen LogP) is 0.298. The molecule has 1 aliphatic rings. The van der Waals surface area contributed by atoms with Crippen LogP contribution < -0.4 is 5.32 Å². The quantitative estimate of drug-likeness (QED) is 0.646. The summed E-state index contributed by atoms with van der Waals surface area (Å²) in [6.45, 7) is 7.72. The molecule has 0 aromatic carbocycles. The molecule has 0 radical (unpaired) electrons. The van der Waals surface area contributed by atoms with Gasteiger partial charge < -0.3 is 10.2 Å². The number of hydrogen-bond acceptors (Lipinski definition) is 2. The smallest absolute Gasteiger partial charge is 0.245 e. The third kappa shape index (κ3) is 2.13. The van der Waals surface area contributed by atoms with Gasteiger partial charge in [-0.25, -0.2) is 0 Å². The van der Waals surface area contributed by atoms with Crippen LogP contribution in [0.1, 0.15) is 20.3 Å². The maximum absolute atomic E-state index is 11.8. The molecular weight excluding hydrogens is 180 g/mol. The Morgan fingerprint density at radius 3 is 2.86 bits per heavy atom. The molecule has 0 aromatic rings. The van der Waals surface area contributed by atoms with Gasteiger partial charge in [0.05, 0.1) is 0 Å². The lowest BCUT2D eigenvalue weighted by atomic mass is 10.2.